The van der Waals surface area contributed by atoms with Crippen LogP contribution in [0.25, 0.3) is 10.9 Å². The highest BCUT2D eigenvalue weighted by Crippen LogP contribution is 2.25. The van der Waals surface area contributed by atoms with Gasteiger partial charge in [-0.2, -0.15) is 5.10 Å². The number of halogens is 2. The summed E-state index contributed by atoms with van der Waals surface area (Å²) in [6.07, 6.45) is 4.04. The highest BCUT2D eigenvalue weighted by molar-refractivity contribution is 6.42. The lowest BCUT2D eigenvalue weighted by Gasteiger charge is -2.19. The first-order chi connectivity index (χ1) is 19.2. The van der Waals surface area contributed by atoms with Crippen molar-refractivity contribution in [2.45, 2.75) is 39.8 Å². The Labute approximate surface area is 244 Å². The molecule has 9 heteroatoms. The standard InChI is InChI=1S/C31H32Cl2N4O3/c1-20(2)14-27(35-30(38)19-40-29-11-7-4-8-21(29)3)31(39)36-34-16-23-18-37(28-10-6-5-9-24(23)28)17-22-12-13-25(32)26(33)15-22/h4-13,15-16,18,20,27H,14,17,19H2,1-3H3,(H,35,38)(H,36,39)/b34-16-/t27-/m0/s1. The van der Waals surface area contributed by atoms with Crippen molar-refractivity contribution in [3.8, 4) is 5.75 Å². The predicted octanol–water partition coefficient (Wildman–Crippen LogP) is 6.36. The number of hydrazone groups is 1. The van der Waals surface area contributed by atoms with Gasteiger partial charge in [-0.1, -0.05) is 79.5 Å². The Bertz CT molecular complexity index is 1530. The van der Waals surface area contributed by atoms with E-state index in [-0.39, 0.29) is 18.4 Å². The van der Waals surface area contributed by atoms with Gasteiger partial charge in [0.2, 0.25) is 0 Å². The molecule has 0 radical (unpaired) electrons. The van der Waals surface area contributed by atoms with Crippen LogP contribution in [0.4, 0.5) is 0 Å². The largest absolute Gasteiger partial charge is 0.484 e. The Hall–Kier alpha value is -3.81. The molecule has 1 atom stereocenters. The number of aromatic nitrogens is 1. The summed E-state index contributed by atoms with van der Waals surface area (Å²) in [5.74, 6) is 0.0363. The molecule has 0 saturated carbocycles. The second-order valence-corrected chi connectivity index (χ2v) is 10.8. The number of carbonyl (C=O) groups excluding carboxylic acids is 2. The zero-order chi connectivity index (χ0) is 28.6. The van der Waals surface area contributed by atoms with Crippen LogP contribution in [0.2, 0.25) is 10.0 Å². The minimum Gasteiger partial charge on any atom is -0.484 e. The number of hydrogen-bond donors (Lipinski definition) is 2. The smallest absolute Gasteiger partial charge is 0.262 e. The molecule has 0 unspecified atom stereocenters. The summed E-state index contributed by atoms with van der Waals surface area (Å²) in [7, 11) is 0. The fourth-order valence-electron chi connectivity index (χ4n) is 4.39. The third-order valence-electron chi connectivity index (χ3n) is 6.35. The first-order valence-corrected chi connectivity index (χ1v) is 13.8. The molecule has 0 saturated heterocycles. The topological polar surface area (TPSA) is 84.7 Å². The second kappa shape index (κ2) is 13.5. The van der Waals surface area contributed by atoms with Gasteiger partial charge in [0.1, 0.15) is 11.8 Å². The molecule has 4 aromatic rings. The number of rotatable bonds is 11. The summed E-state index contributed by atoms with van der Waals surface area (Å²) in [6.45, 7) is 6.29. The number of carbonyl (C=O) groups is 2. The number of nitrogens with one attached hydrogen (secondary N) is 2. The Kier molecular flexibility index (Phi) is 9.85. The lowest BCUT2D eigenvalue weighted by molar-refractivity contribution is -0.130. The normalized spacial score (nSPS) is 12.2. The molecule has 7 nitrogen and oxygen atoms in total. The van der Waals surface area contributed by atoms with Crippen LogP contribution < -0.4 is 15.5 Å². The quantitative estimate of drug-likeness (QED) is 0.160. The van der Waals surface area contributed by atoms with Crippen LogP contribution >= 0.6 is 23.2 Å². The van der Waals surface area contributed by atoms with E-state index in [1.54, 1.807) is 18.3 Å². The number of amides is 2. The van der Waals surface area contributed by atoms with Gasteiger partial charge in [0.15, 0.2) is 6.61 Å². The zero-order valence-corrected chi connectivity index (χ0v) is 24.2. The maximum Gasteiger partial charge on any atom is 0.262 e. The van der Waals surface area contributed by atoms with Crippen LogP contribution in [-0.2, 0) is 16.1 Å². The third-order valence-corrected chi connectivity index (χ3v) is 7.08. The molecule has 0 spiro atoms. The van der Waals surface area contributed by atoms with E-state index in [4.69, 9.17) is 27.9 Å². The van der Waals surface area contributed by atoms with E-state index in [1.807, 2.05) is 81.6 Å². The maximum atomic E-state index is 13.0. The highest BCUT2D eigenvalue weighted by Gasteiger charge is 2.22. The third kappa shape index (κ3) is 7.64. The van der Waals surface area contributed by atoms with E-state index in [0.29, 0.717) is 28.8 Å². The maximum absolute atomic E-state index is 13.0. The van der Waals surface area contributed by atoms with E-state index in [2.05, 4.69) is 20.4 Å². The van der Waals surface area contributed by atoms with Crippen LogP contribution in [-0.4, -0.2) is 35.2 Å². The fraction of sp³-hybridized carbons (Fsp3) is 0.258. The summed E-state index contributed by atoms with van der Waals surface area (Å²) >= 11 is 12.3. The predicted molar refractivity (Wildman–Crippen MR) is 161 cm³/mol. The molecule has 3 aromatic carbocycles. The van der Waals surface area contributed by atoms with Crippen LogP contribution in [0.5, 0.6) is 5.75 Å². The Morgan fingerprint density at radius 1 is 1.02 bits per heavy atom. The molecule has 0 aliphatic heterocycles. The molecular formula is C31H32Cl2N4O3. The van der Waals surface area contributed by atoms with Gasteiger partial charge in [-0.25, -0.2) is 5.43 Å². The van der Waals surface area contributed by atoms with Gasteiger partial charge in [0.05, 0.1) is 16.3 Å². The van der Waals surface area contributed by atoms with Crippen molar-refractivity contribution in [2.75, 3.05) is 6.61 Å². The second-order valence-electron chi connectivity index (χ2n) is 10.0. The van der Waals surface area contributed by atoms with Gasteiger partial charge in [0, 0.05) is 29.2 Å². The van der Waals surface area contributed by atoms with Crippen LogP contribution in [0, 0.1) is 12.8 Å². The Morgan fingerprint density at radius 2 is 1.77 bits per heavy atom. The molecule has 4 rings (SSSR count). The van der Waals surface area contributed by atoms with Gasteiger partial charge in [-0.15, -0.1) is 0 Å². The zero-order valence-electron chi connectivity index (χ0n) is 22.7. The average molecular weight is 580 g/mol. The molecule has 2 N–H and O–H groups in total. The Morgan fingerprint density at radius 3 is 2.52 bits per heavy atom. The molecule has 1 aromatic heterocycles. The lowest BCUT2D eigenvalue weighted by atomic mass is 10.0. The molecule has 0 bridgehead atoms. The van der Waals surface area contributed by atoms with Crippen LogP contribution in [0.15, 0.2) is 78.0 Å². The van der Waals surface area contributed by atoms with Gasteiger partial charge < -0.3 is 14.6 Å². The van der Waals surface area contributed by atoms with Crippen LogP contribution in [0.1, 0.15) is 37.0 Å². The number of ether oxygens (including phenoxy) is 1. The van der Waals surface area contributed by atoms with Crippen molar-refractivity contribution >= 4 is 52.1 Å². The number of benzene rings is 3. The molecule has 1 heterocycles. The number of aryl methyl sites for hydroxylation is 1. The van der Waals surface area contributed by atoms with Crippen molar-refractivity contribution in [3.63, 3.8) is 0 Å². The number of hydrogen-bond acceptors (Lipinski definition) is 4. The summed E-state index contributed by atoms with van der Waals surface area (Å²) in [5, 5.41) is 9.00. The van der Waals surface area contributed by atoms with E-state index in [9.17, 15) is 9.59 Å². The molecule has 208 valence electrons. The summed E-state index contributed by atoms with van der Waals surface area (Å²) in [6, 6.07) is 20.2. The number of para-hydroxylation sites is 2. The van der Waals surface area contributed by atoms with Crippen molar-refractivity contribution in [2.24, 2.45) is 11.0 Å². The van der Waals surface area contributed by atoms with E-state index in [0.717, 1.165) is 27.6 Å². The van der Waals surface area contributed by atoms with Gasteiger partial charge >= 0.3 is 0 Å². The molecule has 2 amide bonds. The molecule has 0 aliphatic rings. The summed E-state index contributed by atoms with van der Waals surface area (Å²) in [5.41, 5.74) is 6.38. The number of nitrogens with zero attached hydrogens (tertiary/aromatic N) is 2. The first-order valence-electron chi connectivity index (χ1n) is 13.0. The highest BCUT2D eigenvalue weighted by atomic mass is 35.5. The van der Waals surface area contributed by atoms with Crippen molar-refractivity contribution in [3.05, 3.63) is 99.7 Å². The van der Waals surface area contributed by atoms with E-state index in [1.165, 1.54) is 0 Å². The van der Waals surface area contributed by atoms with Crippen LogP contribution in [0.3, 0.4) is 0 Å². The first kappa shape index (κ1) is 29.2. The minimum absolute atomic E-state index is 0.177. The Balaban J connectivity index is 1.43. The van der Waals surface area contributed by atoms with E-state index < -0.39 is 11.9 Å². The SMILES string of the molecule is Cc1ccccc1OCC(=O)N[C@@H](CC(C)C)C(=O)N/N=C\c1cn(Cc2ccc(Cl)c(Cl)c2)c2ccccc12. The van der Waals surface area contributed by atoms with Crippen molar-refractivity contribution in [1.82, 2.24) is 15.3 Å². The molecular weight excluding hydrogens is 547 g/mol. The number of fused-ring (bicyclic) bond motifs is 1. The van der Waals surface area contributed by atoms with Crippen molar-refractivity contribution < 1.29 is 14.3 Å². The summed E-state index contributed by atoms with van der Waals surface area (Å²) < 4.78 is 7.72. The monoisotopic (exact) mass is 578 g/mol. The van der Waals surface area contributed by atoms with Crippen molar-refractivity contribution in [1.29, 1.82) is 0 Å². The fourth-order valence-corrected chi connectivity index (χ4v) is 4.71. The minimum atomic E-state index is -0.749. The summed E-state index contributed by atoms with van der Waals surface area (Å²) in [4.78, 5) is 25.6. The van der Waals surface area contributed by atoms with Gasteiger partial charge in [0.25, 0.3) is 11.8 Å². The molecule has 0 aliphatic carbocycles. The molecule has 0 fully saturated rings. The molecule has 40 heavy (non-hydrogen) atoms. The lowest BCUT2D eigenvalue weighted by Crippen LogP contribution is -2.47. The van der Waals surface area contributed by atoms with Gasteiger partial charge in [-0.05, 0) is 54.7 Å². The average Bonchev–Trinajstić information content (AvgIpc) is 3.26. The van der Waals surface area contributed by atoms with E-state index >= 15 is 0 Å². The van der Waals surface area contributed by atoms with Gasteiger partial charge in [-0.3, -0.25) is 9.59 Å².